The lowest BCUT2D eigenvalue weighted by Gasteiger charge is -2.15. The summed E-state index contributed by atoms with van der Waals surface area (Å²) < 4.78 is 45.1. The molecule has 204 valence electrons. The summed E-state index contributed by atoms with van der Waals surface area (Å²) in [5.74, 6) is 1.03. The van der Waals surface area contributed by atoms with Gasteiger partial charge in [-0.05, 0) is 37.3 Å². The molecule has 12 nitrogen and oxygen atoms in total. The van der Waals surface area contributed by atoms with Gasteiger partial charge in [-0.3, -0.25) is 9.52 Å². The maximum absolute atomic E-state index is 13.5. The van der Waals surface area contributed by atoms with Crippen molar-refractivity contribution in [3.05, 3.63) is 84.3 Å². The molecule has 5 aromatic rings. The van der Waals surface area contributed by atoms with Crippen molar-refractivity contribution in [1.29, 1.82) is 0 Å². The Labute approximate surface area is 229 Å². The molecular formula is C27H24N6O6S. The van der Waals surface area contributed by atoms with Crippen molar-refractivity contribution in [1.82, 2.24) is 15.1 Å². The highest BCUT2D eigenvalue weighted by Gasteiger charge is 2.21. The molecule has 0 aliphatic carbocycles. The van der Waals surface area contributed by atoms with E-state index in [-0.39, 0.29) is 27.8 Å². The Morgan fingerprint density at radius 1 is 0.850 bits per heavy atom. The van der Waals surface area contributed by atoms with Crippen molar-refractivity contribution in [2.75, 3.05) is 29.6 Å². The van der Waals surface area contributed by atoms with Crippen LogP contribution in [0.25, 0.3) is 11.0 Å². The molecule has 5 rings (SSSR count). The fourth-order valence-electron chi connectivity index (χ4n) is 3.82. The maximum atomic E-state index is 13.5. The number of carbonyl (C=O) groups excluding carboxylic acids is 1. The van der Waals surface area contributed by atoms with Gasteiger partial charge in [-0.1, -0.05) is 23.4 Å². The van der Waals surface area contributed by atoms with Crippen LogP contribution < -0.4 is 24.8 Å². The van der Waals surface area contributed by atoms with E-state index in [1.807, 2.05) is 0 Å². The number of ether oxygens (including phenoxy) is 2. The Morgan fingerprint density at radius 2 is 1.52 bits per heavy atom. The molecule has 2 aromatic heterocycles. The molecule has 0 saturated carbocycles. The number of benzene rings is 3. The first-order valence-corrected chi connectivity index (χ1v) is 13.4. The number of nitrogens with one attached hydrogen (secondary N) is 3. The first-order valence-electron chi connectivity index (χ1n) is 11.9. The van der Waals surface area contributed by atoms with E-state index < -0.39 is 15.9 Å². The number of amides is 1. The average Bonchev–Trinajstić information content (AvgIpc) is 3.39. The summed E-state index contributed by atoms with van der Waals surface area (Å²) >= 11 is 0. The smallest absolute Gasteiger partial charge is 0.263 e. The minimum absolute atomic E-state index is 0.0324. The number of aromatic nitrogens is 3. The molecule has 0 saturated heterocycles. The normalized spacial score (nSPS) is 11.2. The molecule has 0 atom stereocenters. The quantitative estimate of drug-likeness (QED) is 0.230. The molecule has 0 radical (unpaired) electrons. The third-order valence-electron chi connectivity index (χ3n) is 5.81. The fraction of sp³-hybridized carbons (Fsp3) is 0.111. The second kappa shape index (κ2) is 10.9. The van der Waals surface area contributed by atoms with Crippen molar-refractivity contribution in [3.63, 3.8) is 0 Å². The van der Waals surface area contributed by atoms with Crippen LogP contribution in [0.15, 0.2) is 82.3 Å². The van der Waals surface area contributed by atoms with Gasteiger partial charge in [-0.15, -0.1) is 0 Å². The van der Waals surface area contributed by atoms with Crippen LogP contribution in [0.1, 0.15) is 16.1 Å². The number of sulfonamides is 1. The second-order valence-electron chi connectivity index (χ2n) is 8.52. The van der Waals surface area contributed by atoms with Gasteiger partial charge >= 0.3 is 0 Å². The predicted octanol–water partition coefficient (Wildman–Crippen LogP) is 4.74. The lowest BCUT2D eigenvalue weighted by Crippen LogP contribution is -2.17. The third-order valence-corrected chi connectivity index (χ3v) is 7.15. The SMILES string of the molecule is COc1cc(Nc2nc3ccccc3nc2NS(=O)(=O)c2cccc(NC(=O)c3cnoc3C)c2)cc(OC)c1. The van der Waals surface area contributed by atoms with Crippen molar-refractivity contribution in [3.8, 4) is 11.5 Å². The molecule has 1 amide bonds. The van der Waals surface area contributed by atoms with E-state index in [2.05, 4.69) is 30.5 Å². The number of methoxy groups -OCH3 is 2. The van der Waals surface area contributed by atoms with Gasteiger partial charge in [0.15, 0.2) is 11.6 Å². The molecular weight excluding hydrogens is 536 g/mol. The van der Waals surface area contributed by atoms with E-state index in [4.69, 9.17) is 14.0 Å². The summed E-state index contributed by atoms with van der Waals surface area (Å²) in [4.78, 5) is 21.6. The summed E-state index contributed by atoms with van der Waals surface area (Å²) in [5.41, 5.74) is 2.08. The molecule has 13 heteroatoms. The van der Waals surface area contributed by atoms with Gasteiger partial charge in [0, 0.05) is 29.6 Å². The van der Waals surface area contributed by atoms with Crippen LogP contribution in [-0.2, 0) is 10.0 Å². The van der Waals surface area contributed by atoms with E-state index in [1.165, 1.54) is 38.6 Å². The van der Waals surface area contributed by atoms with Crippen LogP contribution in [0, 0.1) is 6.92 Å². The average molecular weight is 561 g/mol. The van der Waals surface area contributed by atoms with E-state index in [9.17, 15) is 13.2 Å². The molecule has 3 aromatic carbocycles. The minimum Gasteiger partial charge on any atom is -0.497 e. The topological polar surface area (TPSA) is 158 Å². The summed E-state index contributed by atoms with van der Waals surface area (Å²) in [5, 5.41) is 9.36. The standard InChI is InChI=1S/C27H24N6O6S/c1-16-22(15-28-39-16)27(34)30-17-7-6-8-21(13-17)40(35,36)33-26-25(31-23-9-4-5-10-24(23)32-26)29-18-11-19(37-2)14-20(12-18)38-3/h4-15H,1-3H3,(H,29,31)(H,30,34)(H,32,33). The van der Waals surface area contributed by atoms with Crippen LogP contribution in [0.2, 0.25) is 0 Å². The zero-order valence-electron chi connectivity index (χ0n) is 21.6. The molecule has 0 fully saturated rings. The molecule has 0 spiro atoms. The van der Waals surface area contributed by atoms with E-state index >= 15 is 0 Å². The number of anilines is 4. The molecule has 2 heterocycles. The van der Waals surface area contributed by atoms with Gasteiger partial charge < -0.3 is 24.6 Å². The Kier molecular flexibility index (Phi) is 7.21. The van der Waals surface area contributed by atoms with Crippen LogP contribution >= 0.6 is 0 Å². The van der Waals surface area contributed by atoms with E-state index in [1.54, 1.807) is 55.5 Å². The Hall–Kier alpha value is -5.17. The highest BCUT2D eigenvalue weighted by Crippen LogP contribution is 2.31. The van der Waals surface area contributed by atoms with Gasteiger partial charge in [-0.25, -0.2) is 18.4 Å². The molecule has 0 unspecified atom stereocenters. The summed E-state index contributed by atoms with van der Waals surface area (Å²) in [6, 6.07) is 18.0. The number of para-hydroxylation sites is 2. The van der Waals surface area contributed by atoms with Gasteiger partial charge in [0.25, 0.3) is 15.9 Å². The molecule has 0 aliphatic heterocycles. The van der Waals surface area contributed by atoms with Gasteiger partial charge in [0.2, 0.25) is 0 Å². The first-order chi connectivity index (χ1) is 19.3. The number of nitrogens with zero attached hydrogens (tertiary/aromatic N) is 3. The van der Waals surface area contributed by atoms with Crippen molar-refractivity contribution in [2.45, 2.75) is 11.8 Å². The second-order valence-corrected chi connectivity index (χ2v) is 10.2. The summed E-state index contributed by atoms with van der Waals surface area (Å²) in [7, 11) is -1.12. The largest absolute Gasteiger partial charge is 0.497 e. The third kappa shape index (κ3) is 5.63. The fourth-order valence-corrected chi connectivity index (χ4v) is 4.87. The Balaban J connectivity index is 1.48. The predicted molar refractivity (Wildman–Crippen MR) is 149 cm³/mol. The lowest BCUT2D eigenvalue weighted by atomic mass is 10.2. The van der Waals surface area contributed by atoms with Crippen molar-refractivity contribution in [2.24, 2.45) is 0 Å². The number of rotatable bonds is 9. The Bertz CT molecular complexity index is 1800. The van der Waals surface area contributed by atoms with Crippen molar-refractivity contribution >= 4 is 50.0 Å². The number of aryl methyl sites for hydroxylation is 1. The van der Waals surface area contributed by atoms with Crippen LogP contribution in [0.5, 0.6) is 11.5 Å². The molecule has 0 aliphatic rings. The lowest BCUT2D eigenvalue weighted by molar-refractivity contribution is 0.102. The Morgan fingerprint density at radius 3 is 2.15 bits per heavy atom. The van der Waals surface area contributed by atoms with Crippen molar-refractivity contribution < 1.29 is 27.2 Å². The van der Waals surface area contributed by atoms with E-state index in [0.717, 1.165) is 0 Å². The zero-order chi connectivity index (χ0) is 28.3. The molecule has 3 N–H and O–H groups in total. The van der Waals surface area contributed by atoms with Gasteiger partial charge in [-0.2, -0.15) is 0 Å². The number of hydrogen-bond acceptors (Lipinski definition) is 10. The number of hydrogen-bond donors (Lipinski definition) is 3. The molecule has 40 heavy (non-hydrogen) atoms. The maximum Gasteiger partial charge on any atom is 0.263 e. The minimum atomic E-state index is -4.17. The van der Waals surface area contributed by atoms with Gasteiger partial charge in [0.05, 0.1) is 36.3 Å². The highest BCUT2D eigenvalue weighted by molar-refractivity contribution is 7.92. The first kappa shape index (κ1) is 26.4. The number of fused-ring (bicyclic) bond motifs is 1. The van der Waals surface area contributed by atoms with Crippen LogP contribution in [0.3, 0.4) is 0 Å². The highest BCUT2D eigenvalue weighted by atomic mass is 32.2. The van der Waals surface area contributed by atoms with E-state index in [0.29, 0.717) is 34.0 Å². The van der Waals surface area contributed by atoms with Crippen LogP contribution in [0.4, 0.5) is 23.0 Å². The zero-order valence-corrected chi connectivity index (χ0v) is 22.4. The van der Waals surface area contributed by atoms with Gasteiger partial charge in [0.1, 0.15) is 22.8 Å². The summed E-state index contributed by atoms with van der Waals surface area (Å²) in [6.45, 7) is 1.60. The molecule has 0 bridgehead atoms. The monoisotopic (exact) mass is 560 g/mol. The summed E-state index contributed by atoms with van der Waals surface area (Å²) in [6.07, 6.45) is 1.29. The van der Waals surface area contributed by atoms with Crippen LogP contribution in [-0.4, -0.2) is 43.7 Å². The number of carbonyl (C=O) groups is 1.